The number of halogens is 2. The number of hydrogen-bond acceptors (Lipinski definition) is 6. The highest BCUT2D eigenvalue weighted by atomic mass is 32.1. The van der Waals surface area contributed by atoms with Crippen molar-refractivity contribution >= 4 is 38.3 Å². The summed E-state index contributed by atoms with van der Waals surface area (Å²) in [6.07, 6.45) is 1.59. The summed E-state index contributed by atoms with van der Waals surface area (Å²) in [6, 6.07) is 9.94. The third-order valence-electron chi connectivity index (χ3n) is 5.06. The van der Waals surface area contributed by atoms with Crippen LogP contribution in [0.15, 0.2) is 53.5 Å². The summed E-state index contributed by atoms with van der Waals surface area (Å²) in [6.45, 7) is 3.29. The Morgan fingerprint density at radius 3 is 2.59 bits per heavy atom. The van der Waals surface area contributed by atoms with E-state index in [9.17, 15) is 18.7 Å². The van der Waals surface area contributed by atoms with E-state index in [-0.39, 0.29) is 11.5 Å². The molecule has 0 bridgehead atoms. The summed E-state index contributed by atoms with van der Waals surface area (Å²) in [5.74, 6) is -1.83. The van der Waals surface area contributed by atoms with Crippen LogP contribution in [0.4, 0.5) is 8.78 Å². The van der Waals surface area contributed by atoms with E-state index in [1.165, 1.54) is 35.0 Å². The second-order valence-corrected chi connectivity index (χ2v) is 8.21. The predicted octanol–water partition coefficient (Wildman–Crippen LogP) is 4.78. The number of nitrogens with zero attached hydrogens (tertiary/aromatic N) is 3. The average molecular weight is 451 g/mol. The molecule has 3 aromatic heterocycles. The zero-order chi connectivity index (χ0) is 22.6. The summed E-state index contributed by atoms with van der Waals surface area (Å²) in [5, 5.41) is 10.7. The lowest BCUT2D eigenvalue weighted by Gasteiger charge is -2.14. The molecule has 0 saturated carbocycles. The fourth-order valence-electron chi connectivity index (χ4n) is 3.65. The summed E-state index contributed by atoms with van der Waals surface area (Å²) >= 11 is 1.26. The van der Waals surface area contributed by atoms with E-state index in [0.717, 1.165) is 12.1 Å². The van der Waals surface area contributed by atoms with Crippen molar-refractivity contribution in [3.8, 4) is 17.2 Å². The van der Waals surface area contributed by atoms with Crippen molar-refractivity contribution < 1.29 is 18.6 Å². The van der Waals surface area contributed by atoms with Gasteiger partial charge < -0.3 is 9.84 Å². The van der Waals surface area contributed by atoms with Crippen molar-refractivity contribution in [2.45, 2.75) is 13.8 Å². The van der Waals surface area contributed by atoms with Crippen LogP contribution in [0.2, 0.25) is 0 Å². The molecule has 0 fully saturated rings. The van der Waals surface area contributed by atoms with Crippen molar-refractivity contribution in [1.82, 2.24) is 14.5 Å². The molecular formula is C23H15F2N3O3S. The van der Waals surface area contributed by atoms with Gasteiger partial charge in [0.2, 0.25) is 0 Å². The smallest absolute Gasteiger partial charge is 0.353 e. The molecule has 1 N–H and O–H groups in total. The minimum Gasteiger partial charge on any atom is -0.511 e. The number of pyridine rings is 1. The molecule has 0 spiro atoms. The first kappa shape index (κ1) is 20.1. The topological polar surface area (TPSA) is 77.2 Å². The number of hydrogen-bond donors (Lipinski definition) is 1. The molecule has 0 radical (unpaired) electrons. The molecule has 0 amide bonds. The quantitative estimate of drug-likeness (QED) is 0.427. The Bertz CT molecular complexity index is 1620. The molecule has 0 unspecified atom stereocenters. The zero-order valence-corrected chi connectivity index (χ0v) is 17.7. The molecule has 32 heavy (non-hydrogen) atoms. The van der Waals surface area contributed by atoms with Gasteiger partial charge >= 0.3 is 5.69 Å². The summed E-state index contributed by atoms with van der Waals surface area (Å²) < 4.78 is 35.2. The molecule has 5 aromatic rings. The van der Waals surface area contributed by atoms with Gasteiger partial charge in [-0.2, -0.15) is 4.98 Å². The molecule has 160 valence electrons. The van der Waals surface area contributed by atoms with E-state index < -0.39 is 23.1 Å². The largest absolute Gasteiger partial charge is 0.511 e. The van der Waals surface area contributed by atoms with Crippen LogP contribution in [0.25, 0.3) is 32.7 Å². The number of para-hydroxylation sites is 1. The minimum absolute atomic E-state index is 0.0667. The minimum atomic E-state index is -0.812. The van der Waals surface area contributed by atoms with E-state index >= 15 is 0 Å². The molecule has 0 atom stereocenters. The number of aliphatic hydroxyl groups excluding tert-OH is 1. The normalized spacial score (nSPS) is 12.5. The van der Waals surface area contributed by atoms with Crippen LogP contribution >= 0.6 is 11.3 Å². The Labute approximate surface area is 183 Å². The van der Waals surface area contributed by atoms with Crippen molar-refractivity contribution in [2.24, 2.45) is 0 Å². The lowest BCUT2D eigenvalue weighted by molar-refractivity contribution is 0.407. The van der Waals surface area contributed by atoms with Crippen LogP contribution < -0.4 is 15.0 Å². The zero-order valence-electron chi connectivity index (χ0n) is 16.9. The van der Waals surface area contributed by atoms with Gasteiger partial charge in [-0.3, -0.25) is 4.57 Å². The van der Waals surface area contributed by atoms with Crippen molar-refractivity contribution in [1.29, 1.82) is 0 Å². The Balaban J connectivity index is 1.69. The molecule has 2 aromatic carbocycles. The van der Waals surface area contributed by atoms with Gasteiger partial charge in [-0.05, 0) is 55.8 Å². The van der Waals surface area contributed by atoms with E-state index in [1.54, 1.807) is 31.3 Å². The number of ether oxygens (including phenoxy) is 1. The first-order valence-corrected chi connectivity index (χ1v) is 10.4. The van der Waals surface area contributed by atoms with Crippen LogP contribution in [0.5, 0.6) is 11.5 Å². The first-order valence-electron chi connectivity index (χ1n) is 9.58. The lowest BCUT2D eigenvalue weighted by atomic mass is 10.1. The van der Waals surface area contributed by atoms with Crippen molar-refractivity contribution in [3.63, 3.8) is 0 Å². The SMILES string of the molecule is CC(O)=c1sc2nccc3c2c1nc(=O)n3-c1ccc(Oc2c(F)cccc2F)cc1C. The van der Waals surface area contributed by atoms with Gasteiger partial charge in [0, 0.05) is 6.20 Å². The van der Waals surface area contributed by atoms with Crippen molar-refractivity contribution in [2.75, 3.05) is 0 Å². The Hall–Kier alpha value is -3.85. The standard InChI is InChI=1S/C23H15F2N3O3S/c1-11-10-13(31-20-14(24)4-3-5-15(20)25)6-7-16(11)28-17-8-9-26-22-18(17)19(27-23(28)30)21(32-22)12(2)29/h3-10,29H,1-2H3. The van der Waals surface area contributed by atoms with Gasteiger partial charge in [-0.15, -0.1) is 11.3 Å². The van der Waals surface area contributed by atoms with E-state index in [4.69, 9.17) is 4.74 Å². The highest BCUT2D eigenvalue weighted by Crippen LogP contribution is 2.31. The maximum absolute atomic E-state index is 13.9. The third-order valence-corrected chi connectivity index (χ3v) is 6.26. The molecule has 3 heterocycles. The fourth-order valence-corrected chi connectivity index (χ4v) is 4.65. The maximum Gasteiger partial charge on any atom is 0.353 e. The number of rotatable bonds is 3. The monoisotopic (exact) mass is 451 g/mol. The molecule has 0 aliphatic carbocycles. The highest BCUT2D eigenvalue weighted by molar-refractivity contribution is 7.17. The second kappa shape index (κ2) is 7.38. The Morgan fingerprint density at radius 1 is 1.16 bits per heavy atom. The van der Waals surface area contributed by atoms with Gasteiger partial charge in [0.1, 0.15) is 21.9 Å². The molecule has 0 aliphatic heterocycles. The Morgan fingerprint density at radius 2 is 1.91 bits per heavy atom. The van der Waals surface area contributed by atoms with E-state index in [2.05, 4.69) is 9.97 Å². The van der Waals surface area contributed by atoms with Crippen molar-refractivity contribution in [3.05, 3.63) is 80.9 Å². The Kier molecular flexibility index (Phi) is 4.63. The van der Waals surface area contributed by atoms with Gasteiger partial charge in [0.05, 0.1) is 21.1 Å². The van der Waals surface area contributed by atoms with E-state index in [0.29, 0.717) is 37.0 Å². The van der Waals surface area contributed by atoms with Gasteiger partial charge in [0.25, 0.3) is 0 Å². The van der Waals surface area contributed by atoms with Crippen LogP contribution in [0.1, 0.15) is 12.5 Å². The van der Waals surface area contributed by atoms with E-state index in [1.807, 2.05) is 0 Å². The number of aliphatic hydroxyl groups is 1. The van der Waals surface area contributed by atoms with Crippen LogP contribution in [-0.2, 0) is 0 Å². The second-order valence-electron chi connectivity index (χ2n) is 7.21. The molecule has 5 rings (SSSR count). The lowest BCUT2D eigenvalue weighted by Crippen LogP contribution is -2.23. The third kappa shape index (κ3) is 3.09. The maximum atomic E-state index is 13.9. The van der Waals surface area contributed by atoms with Crippen LogP contribution in [-0.4, -0.2) is 19.6 Å². The summed E-state index contributed by atoms with van der Waals surface area (Å²) in [4.78, 5) is 22.2. The molecule has 0 saturated heterocycles. The van der Waals surface area contributed by atoms with Crippen LogP contribution in [0.3, 0.4) is 0 Å². The average Bonchev–Trinajstić information content (AvgIpc) is 3.12. The van der Waals surface area contributed by atoms with Gasteiger partial charge in [-0.1, -0.05) is 6.07 Å². The summed E-state index contributed by atoms with van der Waals surface area (Å²) in [5.41, 5.74) is 1.64. The highest BCUT2D eigenvalue weighted by Gasteiger charge is 2.18. The number of benzene rings is 2. The first-order chi connectivity index (χ1) is 15.3. The van der Waals surface area contributed by atoms with Gasteiger partial charge in [-0.25, -0.2) is 18.6 Å². The van der Waals surface area contributed by atoms with Crippen LogP contribution in [0, 0.1) is 18.6 Å². The molecular weight excluding hydrogens is 436 g/mol. The fraction of sp³-hybridized carbons (Fsp3) is 0.0870. The van der Waals surface area contributed by atoms with Gasteiger partial charge in [0.15, 0.2) is 17.4 Å². The number of aryl methyl sites for hydroxylation is 1. The number of aromatic nitrogens is 3. The predicted molar refractivity (Wildman–Crippen MR) is 119 cm³/mol. The molecule has 6 nitrogen and oxygen atoms in total. The summed E-state index contributed by atoms with van der Waals surface area (Å²) in [7, 11) is 0. The number of thiophene rings is 1. The molecule has 0 aliphatic rings. The molecule has 9 heteroatoms.